The van der Waals surface area contributed by atoms with E-state index in [0.29, 0.717) is 6.42 Å². The molecule has 0 radical (unpaired) electrons. The second-order valence-electron chi connectivity index (χ2n) is 8.16. The molecule has 2 aromatic carbocycles. The van der Waals surface area contributed by atoms with E-state index in [9.17, 15) is 9.59 Å². The molecular weight excluding hydrogens is 350 g/mol. The van der Waals surface area contributed by atoms with Crippen molar-refractivity contribution in [3.63, 3.8) is 0 Å². The van der Waals surface area contributed by atoms with Gasteiger partial charge < -0.3 is 9.30 Å². The molecule has 142 valence electrons. The van der Waals surface area contributed by atoms with E-state index in [1.807, 2.05) is 19.2 Å². The van der Waals surface area contributed by atoms with Crippen LogP contribution in [0.15, 0.2) is 59.5 Å². The molecule has 1 aliphatic heterocycles. The number of aromatic nitrogens is 1. The lowest BCUT2D eigenvalue weighted by Gasteiger charge is -2.24. The number of fused-ring (bicyclic) bond motifs is 2. The van der Waals surface area contributed by atoms with Gasteiger partial charge in [0.1, 0.15) is 11.2 Å². The summed E-state index contributed by atoms with van der Waals surface area (Å²) in [6, 6.07) is 16.9. The van der Waals surface area contributed by atoms with Crippen LogP contribution in [0.2, 0.25) is 0 Å². The zero-order valence-electron chi connectivity index (χ0n) is 16.0. The highest BCUT2D eigenvalue weighted by Crippen LogP contribution is 2.40. The Hall–Kier alpha value is -2.88. The molecule has 2 aliphatic rings. The van der Waals surface area contributed by atoms with Gasteiger partial charge in [0.05, 0.1) is 0 Å². The van der Waals surface area contributed by atoms with E-state index in [1.165, 1.54) is 16.3 Å². The molecule has 0 amide bonds. The van der Waals surface area contributed by atoms with E-state index < -0.39 is 11.6 Å². The van der Waals surface area contributed by atoms with Crippen molar-refractivity contribution in [2.75, 3.05) is 0 Å². The number of esters is 1. The number of hydrogen-bond donors (Lipinski definition) is 0. The minimum absolute atomic E-state index is 0.192. The zero-order valence-corrected chi connectivity index (χ0v) is 16.0. The van der Waals surface area contributed by atoms with Crippen LogP contribution in [0.5, 0.6) is 0 Å². The van der Waals surface area contributed by atoms with Gasteiger partial charge >= 0.3 is 5.97 Å². The predicted octanol–water partition coefficient (Wildman–Crippen LogP) is 4.74. The van der Waals surface area contributed by atoms with Crippen LogP contribution in [-0.4, -0.2) is 10.5 Å². The van der Waals surface area contributed by atoms with Gasteiger partial charge in [-0.05, 0) is 61.4 Å². The minimum Gasteiger partial charge on any atom is -0.451 e. The van der Waals surface area contributed by atoms with Gasteiger partial charge in [-0.2, -0.15) is 0 Å². The van der Waals surface area contributed by atoms with Crippen LogP contribution < -0.4 is 5.56 Å². The summed E-state index contributed by atoms with van der Waals surface area (Å²) in [6.45, 7) is 1.93. The number of benzene rings is 2. The zero-order chi connectivity index (χ0) is 19.3. The van der Waals surface area contributed by atoms with E-state index in [-0.39, 0.29) is 17.2 Å². The third kappa shape index (κ3) is 2.75. The summed E-state index contributed by atoms with van der Waals surface area (Å²) in [5.41, 5.74) is 1.37. The Labute approximate surface area is 163 Å². The fourth-order valence-corrected chi connectivity index (χ4v) is 4.45. The van der Waals surface area contributed by atoms with Crippen molar-refractivity contribution in [1.82, 2.24) is 4.57 Å². The molecule has 1 fully saturated rings. The van der Waals surface area contributed by atoms with Crippen LogP contribution in [-0.2, 0) is 16.8 Å². The average Bonchev–Trinajstić information content (AvgIpc) is 3.49. The highest BCUT2D eigenvalue weighted by Gasteiger charge is 2.44. The van der Waals surface area contributed by atoms with Crippen LogP contribution >= 0.6 is 0 Å². The molecule has 0 N–H and O–H groups in total. The molecule has 1 atom stereocenters. The molecule has 5 rings (SSSR count). The summed E-state index contributed by atoms with van der Waals surface area (Å²) in [5, 5.41) is 2.51. The molecule has 1 aliphatic carbocycles. The van der Waals surface area contributed by atoms with Gasteiger partial charge in [-0.1, -0.05) is 42.5 Å². The average molecular weight is 373 g/mol. The number of ether oxygens (including phenoxy) is 1. The molecule has 1 saturated carbocycles. The van der Waals surface area contributed by atoms with Crippen LogP contribution in [0.3, 0.4) is 0 Å². The summed E-state index contributed by atoms with van der Waals surface area (Å²) in [7, 11) is 0. The van der Waals surface area contributed by atoms with Crippen molar-refractivity contribution in [2.45, 2.75) is 50.7 Å². The second-order valence-corrected chi connectivity index (χ2v) is 8.16. The van der Waals surface area contributed by atoms with Crippen molar-refractivity contribution in [2.24, 2.45) is 0 Å². The van der Waals surface area contributed by atoms with E-state index in [1.54, 1.807) is 4.57 Å². The first kappa shape index (κ1) is 17.2. The predicted molar refractivity (Wildman–Crippen MR) is 109 cm³/mol. The number of carbonyl (C=O) groups excluding carboxylic acids is 1. The molecule has 2 heterocycles. The largest absolute Gasteiger partial charge is 0.451 e. The monoisotopic (exact) mass is 373 g/mol. The molecule has 0 saturated heterocycles. The number of cyclic esters (lactones) is 1. The van der Waals surface area contributed by atoms with E-state index in [0.717, 1.165) is 31.2 Å². The van der Waals surface area contributed by atoms with E-state index in [2.05, 4.69) is 42.5 Å². The first-order valence-corrected chi connectivity index (χ1v) is 10.0. The Morgan fingerprint density at radius 3 is 2.68 bits per heavy atom. The maximum absolute atomic E-state index is 12.7. The Balaban J connectivity index is 1.38. The first-order valence-electron chi connectivity index (χ1n) is 10.0. The molecule has 28 heavy (non-hydrogen) atoms. The van der Waals surface area contributed by atoms with Crippen LogP contribution in [0.25, 0.3) is 10.8 Å². The maximum atomic E-state index is 12.7. The lowest BCUT2D eigenvalue weighted by Crippen LogP contribution is -2.25. The van der Waals surface area contributed by atoms with Crippen molar-refractivity contribution in [3.8, 4) is 0 Å². The normalized spacial score (nSPS) is 21.0. The molecular formula is C24H23NO3. The number of rotatable bonds is 5. The summed E-state index contributed by atoms with van der Waals surface area (Å²) in [5.74, 6) is -0.470. The molecule has 1 aromatic heterocycles. The third-order valence-electron chi connectivity index (χ3n) is 6.13. The van der Waals surface area contributed by atoms with Crippen molar-refractivity contribution in [1.29, 1.82) is 0 Å². The number of hydrogen-bond acceptors (Lipinski definition) is 3. The lowest BCUT2D eigenvalue weighted by atomic mass is 9.89. The number of aryl methyl sites for hydroxylation is 1. The topological polar surface area (TPSA) is 48.3 Å². The fraction of sp³-hybridized carbons (Fsp3) is 0.333. The molecule has 0 spiro atoms. The fourth-order valence-electron chi connectivity index (χ4n) is 4.45. The van der Waals surface area contributed by atoms with Crippen LogP contribution in [0.4, 0.5) is 0 Å². The first-order chi connectivity index (χ1) is 13.6. The molecule has 1 unspecified atom stereocenters. The number of pyridine rings is 1. The minimum atomic E-state index is -0.723. The Kier molecular flexibility index (Phi) is 3.90. The summed E-state index contributed by atoms with van der Waals surface area (Å²) in [4.78, 5) is 25.2. The second kappa shape index (κ2) is 6.33. The van der Waals surface area contributed by atoms with Gasteiger partial charge in [-0.3, -0.25) is 4.79 Å². The number of carbonyl (C=O) groups is 1. The molecule has 3 aromatic rings. The van der Waals surface area contributed by atoms with Gasteiger partial charge in [-0.15, -0.1) is 0 Å². The van der Waals surface area contributed by atoms with Gasteiger partial charge in [0.2, 0.25) is 0 Å². The lowest BCUT2D eigenvalue weighted by molar-refractivity contribution is -0.00388. The van der Waals surface area contributed by atoms with Gasteiger partial charge in [-0.25, -0.2) is 4.79 Å². The van der Waals surface area contributed by atoms with Gasteiger partial charge in [0.25, 0.3) is 5.56 Å². The highest BCUT2D eigenvalue weighted by molar-refractivity contribution is 5.94. The van der Waals surface area contributed by atoms with Gasteiger partial charge in [0, 0.05) is 17.8 Å². The van der Waals surface area contributed by atoms with E-state index >= 15 is 0 Å². The van der Waals surface area contributed by atoms with Crippen molar-refractivity contribution >= 4 is 16.7 Å². The van der Waals surface area contributed by atoms with Crippen LogP contribution in [0, 0.1) is 0 Å². The maximum Gasteiger partial charge on any atom is 0.345 e. The van der Waals surface area contributed by atoms with Crippen molar-refractivity contribution in [3.05, 3.63) is 81.8 Å². The van der Waals surface area contributed by atoms with Crippen molar-refractivity contribution < 1.29 is 9.53 Å². The van der Waals surface area contributed by atoms with Gasteiger partial charge in [0.15, 0.2) is 0 Å². The standard InChI is InChI=1S/C24H23NO3/c1-24(14-5-9-17-8-4-7-16-6-2-3-10-19(16)17)20-13-15-25(18-11-12-18)22(26)21(20)23(27)28-24/h2-4,6-8,10,13,15,18H,5,9,11-12,14H2,1H3. The van der Waals surface area contributed by atoms with E-state index in [4.69, 9.17) is 4.74 Å². The molecule has 0 bridgehead atoms. The molecule has 4 heteroatoms. The summed E-state index contributed by atoms with van der Waals surface area (Å²) in [6.07, 6.45) is 6.34. The summed E-state index contributed by atoms with van der Waals surface area (Å²) >= 11 is 0. The Morgan fingerprint density at radius 2 is 1.86 bits per heavy atom. The molecule has 4 nitrogen and oxygen atoms in total. The smallest absolute Gasteiger partial charge is 0.345 e. The van der Waals surface area contributed by atoms with Crippen LogP contribution in [0.1, 0.15) is 60.1 Å². The Morgan fingerprint density at radius 1 is 1.07 bits per heavy atom. The quantitative estimate of drug-likeness (QED) is 0.607. The SMILES string of the molecule is CC1(CCCc2cccc3ccccc23)OC(=O)c2c1ccn(C1CC1)c2=O. The highest BCUT2D eigenvalue weighted by atomic mass is 16.6. The summed E-state index contributed by atoms with van der Waals surface area (Å²) < 4.78 is 7.42. The Bertz CT molecular complexity index is 1140. The number of nitrogens with zero attached hydrogens (tertiary/aromatic N) is 1. The third-order valence-corrected chi connectivity index (χ3v) is 6.13.